The maximum Gasteiger partial charge on any atom is 0.253 e. The number of para-hydroxylation sites is 1. The van der Waals surface area contributed by atoms with Gasteiger partial charge in [0.15, 0.2) is 11.5 Å². The third-order valence-electron chi connectivity index (χ3n) is 5.91. The summed E-state index contributed by atoms with van der Waals surface area (Å²) in [6, 6.07) is 9.89. The molecule has 1 amide bonds. The lowest BCUT2D eigenvalue weighted by Gasteiger charge is -2.38. The van der Waals surface area contributed by atoms with Gasteiger partial charge in [0.2, 0.25) is 5.75 Å². The number of ether oxygens (including phenoxy) is 3. The fourth-order valence-electron chi connectivity index (χ4n) is 4.56. The Morgan fingerprint density at radius 1 is 1.10 bits per heavy atom. The average Bonchev–Trinajstić information content (AvgIpc) is 3.26. The number of carbonyl (C=O) groups excluding carboxylic acids is 1. The van der Waals surface area contributed by atoms with Gasteiger partial charge in [-0.05, 0) is 41.7 Å². The molecule has 0 radical (unpaired) electrons. The fraction of sp³-hybridized carbons (Fsp3) is 0.348. The summed E-state index contributed by atoms with van der Waals surface area (Å²) in [5, 5.41) is 6.40. The van der Waals surface area contributed by atoms with Gasteiger partial charge >= 0.3 is 0 Å². The Kier molecular flexibility index (Phi) is 5.09. The zero-order valence-corrected chi connectivity index (χ0v) is 17.1. The molecule has 0 aromatic heterocycles. The van der Waals surface area contributed by atoms with Crippen LogP contribution in [0.15, 0.2) is 42.5 Å². The summed E-state index contributed by atoms with van der Waals surface area (Å²) in [6.45, 7) is 0. The van der Waals surface area contributed by atoms with Crippen LogP contribution in [0.25, 0.3) is 0 Å². The van der Waals surface area contributed by atoms with Gasteiger partial charge in [-0.15, -0.1) is 0 Å². The molecule has 2 aliphatic rings. The standard InChI is InChI=1S/C23H26N2O4/c1-24-23(26)17-10-6-9-16-14-7-5-8-15(14)20(25-21(16)17)13-11-18(27-2)22(29-4)19(12-13)28-3/h5-7,9-12,14-15,20,25H,8H2,1-4H3,(H,24,26). The molecule has 2 aromatic rings. The summed E-state index contributed by atoms with van der Waals surface area (Å²) < 4.78 is 16.6. The van der Waals surface area contributed by atoms with Gasteiger partial charge in [-0.1, -0.05) is 24.3 Å². The van der Waals surface area contributed by atoms with Gasteiger partial charge in [-0.2, -0.15) is 0 Å². The molecule has 1 aliphatic heterocycles. The predicted molar refractivity (Wildman–Crippen MR) is 112 cm³/mol. The van der Waals surface area contributed by atoms with Crippen LogP contribution in [0.1, 0.15) is 39.9 Å². The normalized spacial score (nSPS) is 21.6. The summed E-state index contributed by atoms with van der Waals surface area (Å²) in [6.07, 6.45) is 5.44. The Balaban J connectivity index is 1.84. The molecule has 3 atom stereocenters. The van der Waals surface area contributed by atoms with E-state index in [1.807, 2.05) is 24.3 Å². The van der Waals surface area contributed by atoms with Crippen molar-refractivity contribution in [2.45, 2.75) is 18.4 Å². The zero-order chi connectivity index (χ0) is 20.5. The highest BCUT2D eigenvalue weighted by Gasteiger charge is 2.39. The molecule has 0 spiro atoms. The number of benzene rings is 2. The number of fused-ring (bicyclic) bond motifs is 3. The van der Waals surface area contributed by atoms with Crippen molar-refractivity contribution >= 4 is 11.6 Å². The van der Waals surface area contributed by atoms with Crippen LogP contribution in [0.4, 0.5) is 5.69 Å². The molecule has 1 heterocycles. The van der Waals surface area contributed by atoms with E-state index < -0.39 is 0 Å². The van der Waals surface area contributed by atoms with Crippen molar-refractivity contribution < 1.29 is 19.0 Å². The molecule has 2 aromatic carbocycles. The Bertz CT molecular complexity index is 944. The van der Waals surface area contributed by atoms with Crippen LogP contribution >= 0.6 is 0 Å². The van der Waals surface area contributed by atoms with Gasteiger partial charge in [0.1, 0.15) is 0 Å². The van der Waals surface area contributed by atoms with Crippen LogP contribution in [-0.2, 0) is 0 Å². The van der Waals surface area contributed by atoms with Gasteiger partial charge in [-0.3, -0.25) is 4.79 Å². The maximum atomic E-state index is 12.5. The number of methoxy groups -OCH3 is 3. The van der Waals surface area contributed by atoms with E-state index in [1.165, 1.54) is 0 Å². The van der Waals surface area contributed by atoms with Crippen LogP contribution in [0.2, 0.25) is 0 Å². The SMILES string of the molecule is CNC(=O)c1cccc2c1NC(c1cc(OC)c(OC)c(OC)c1)C1CC=CC21. The Morgan fingerprint density at radius 3 is 2.45 bits per heavy atom. The minimum atomic E-state index is -0.0987. The number of anilines is 1. The second kappa shape index (κ2) is 7.70. The van der Waals surface area contributed by atoms with Crippen molar-refractivity contribution in [3.8, 4) is 17.2 Å². The fourth-order valence-corrected chi connectivity index (χ4v) is 4.56. The highest BCUT2D eigenvalue weighted by Crippen LogP contribution is 2.52. The van der Waals surface area contributed by atoms with Crippen LogP contribution < -0.4 is 24.8 Å². The van der Waals surface area contributed by atoms with E-state index in [1.54, 1.807) is 28.4 Å². The van der Waals surface area contributed by atoms with E-state index >= 15 is 0 Å². The third-order valence-corrected chi connectivity index (χ3v) is 5.91. The van der Waals surface area contributed by atoms with Gasteiger partial charge in [0.05, 0.1) is 38.6 Å². The topological polar surface area (TPSA) is 68.8 Å². The first kappa shape index (κ1) is 19.2. The quantitative estimate of drug-likeness (QED) is 0.753. The number of hydrogen-bond acceptors (Lipinski definition) is 5. The van der Waals surface area contributed by atoms with E-state index in [9.17, 15) is 4.79 Å². The van der Waals surface area contributed by atoms with Crippen molar-refractivity contribution in [3.63, 3.8) is 0 Å². The average molecular weight is 394 g/mol. The molecule has 152 valence electrons. The summed E-state index contributed by atoms with van der Waals surface area (Å²) in [4.78, 5) is 12.5. The van der Waals surface area contributed by atoms with Gasteiger partial charge in [0, 0.05) is 13.0 Å². The van der Waals surface area contributed by atoms with Gasteiger partial charge < -0.3 is 24.8 Å². The molecule has 3 unspecified atom stereocenters. The number of rotatable bonds is 5. The number of carbonyl (C=O) groups is 1. The molecule has 0 saturated heterocycles. The summed E-state index contributed by atoms with van der Waals surface area (Å²) >= 11 is 0. The first-order valence-corrected chi connectivity index (χ1v) is 9.71. The highest BCUT2D eigenvalue weighted by molar-refractivity contribution is 6.00. The van der Waals surface area contributed by atoms with Crippen molar-refractivity contribution in [2.75, 3.05) is 33.7 Å². The van der Waals surface area contributed by atoms with Gasteiger partial charge in [0.25, 0.3) is 5.91 Å². The van der Waals surface area contributed by atoms with E-state index in [4.69, 9.17) is 14.2 Å². The molecule has 0 fully saturated rings. The Labute approximate surface area is 170 Å². The Hall–Kier alpha value is -3.15. The monoisotopic (exact) mass is 394 g/mol. The second-order valence-corrected chi connectivity index (χ2v) is 7.28. The van der Waals surface area contributed by atoms with Gasteiger partial charge in [-0.25, -0.2) is 0 Å². The van der Waals surface area contributed by atoms with Crippen molar-refractivity contribution in [3.05, 3.63) is 59.2 Å². The number of hydrogen-bond donors (Lipinski definition) is 2. The number of nitrogens with one attached hydrogen (secondary N) is 2. The highest BCUT2D eigenvalue weighted by atomic mass is 16.5. The van der Waals surface area contributed by atoms with Crippen molar-refractivity contribution in [1.82, 2.24) is 5.32 Å². The van der Waals surface area contributed by atoms with Crippen molar-refractivity contribution in [2.24, 2.45) is 5.92 Å². The third kappa shape index (κ3) is 3.09. The molecule has 4 rings (SSSR count). The molecule has 6 nitrogen and oxygen atoms in total. The van der Waals surface area contributed by atoms with Crippen LogP contribution in [0.3, 0.4) is 0 Å². The number of amides is 1. The summed E-state index contributed by atoms with van der Waals surface area (Å²) in [5.41, 5.74) is 3.74. The number of allylic oxidation sites excluding steroid dienone is 2. The molecule has 29 heavy (non-hydrogen) atoms. The van der Waals surface area contributed by atoms with E-state index in [0.717, 1.165) is 23.2 Å². The summed E-state index contributed by atoms with van der Waals surface area (Å²) in [5.74, 6) is 2.30. The van der Waals surface area contributed by atoms with E-state index in [2.05, 4.69) is 28.9 Å². The van der Waals surface area contributed by atoms with Crippen molar-refractivity contribution in [1.29, 1.82) is 0 Å². The molecule has 0 bridgehead atoms. The smallest absolute Gasteiger partial charge is 0.253 e. The molecular weight excluding hydrogens is 368 g/mol. The predicted octanol–water partition coefficient (Wildman–Crippen LogP) is 3.90. The van der Waals surface area contributed by atoms with Crippen LogP contribution in [-0.4, -0.2) is 34.3 Å². The van der Waals surface area contributed by atoms with E-state index in [0.29, 0.717) is 28.7 Å². The van der Waals surface area contributed by atoms with Crippen LogP contribution in [0.5, 0.6) is 17.2 Å². The lowest BCUT2D eigenvalue weighted by Crippen LogP contribution is -2.31. The zero-order valence-electron chi connectivity index (χ0n) is 17.1. The molecule has 6 heteroatoms. The largest absolute Gasteiger partial charge is 0.493 e. The molecule has 1 aliphatic carbocycles. The summed E-state index contributed by atoms with van der Waals surface area (Å²) in [7, 11) is 6.49. The maximum absolute atomic E-state index is 12.5. The Morgan fingerprint density at radius 2 is 1.83 bits per heavy atom. The van der Waals surface area contributed by atoms with E-state index in [-0.39, 0.29) is 17.9 Å². The first-order valence-electron chi connectivity index (χ1n) is 9.71. The minimum absolute atomic E-state index is 0.00186. The minimum Gasteiger partial charge on any atom is -0.493 e. The first-order chi connectivity index (χ1) is 14.1. The molecular formula is C23H26N2O4. The molecule has 2 N–H and O–H groups in total. The second-order valence-electron chi connectivity index (χ2n) is 7.28. The van der Waals surface area contributed by atoms with Crippen LogP contribution in [0, 0.1) is 5.92 Å². The molecule has 0 saturated carbocycles. The lowest BCUT2D eigenvalue weighted by atomic mass is 9.76. The lowest BCUT2D eigenvalue weighted by molar-refractivity contribution is 0.0963.